The molecule has 0 aliphatic rings. The van der Waals surface area contributed by atoms with Gasteiger partial charge in [0.25, 0.3) is 0 Å². The molecule has 0 fully saturated rings. The van der Waals surface area contributed by atoms with Crippen molar-refractivity contribution in [2.75, 3.05) is 0 Å². The summed E-state index contributed by atoms with van der Waals surface area (Å²) in [6, 6.07) is 0. The number of hydrogen-bond donors (Lipinski definition) is 0. The summed E-state index contributed by atoms with van der Waals surface area (Å²) >= 11 is 0. The molecule has 0 amide bonds. The van der Waals surface area contributed by atoms with Crippen LogP contribution in [0.15, 0.2) is 0 Å². The molecule has 0 saturated heterocycles. The Morgan fingerprint density at radius 2 is 1.40 bits per heavy atom. The van der Waals surface area contributed by atoms with Gasteiger partial charge < -0.3 is 15.3 Å². The monoisotopic (exact) mass is 214 g/mol. The standard InChI is InChI=1S/NO3.Sm/c2-1(3)4;/q-1;+3. The predicted octanol–water partition coefficient (Wildman–Crippen LogP) is -0.239. The molecule has 0 heterocycles. The van der Waals surface area contributed by atoms with Crippen LogP contribution < -0.4 is 0 Å². The molecule has 5 heteroatoms. The van der Waals surface area contributed by atoms with Gasteiger partial charge in [0.2, 0.25) is 0 Å². The Balaban J connectivity index is 0. The first kappa shape index (κ1) is 9.11. The summed E-state index contributed by atoms with van der Waals surface area (Å²) in [5.41, 5.74) is 0. The number of hydrogen-bond acceptors (Lipinski definition) is 3. The molecular formula is NO3Sm+2. The van der Waals surface area contributed by atoms with E-state index >= 15 is 0 Å². The van der Waals surface area contributed by atoms with Gasteiger partial charge in [0.05, 0.1) is 5.09 Å². The van der Waals surface area contributed by atoms with Gasteiger partial charge in [-0.3, -0.25) is 0 Å². The van der Waals surface area contributed by atoms with Crippen LogP contribution in [0.3, 0.4) is 0 Å². The van der Waals surface area contributed by atoms with Crippen molar-refractivity contribution in [1.82, 2.24) is 0 Å². The maximum atomic E-state index is 8.25. The molecule has 0 aromatic carbocycles. The molecule has 0 N–H and O–H groups in total. The van der Waals surface area contributed by atoms with Gasteiger partial charge in [-0.15, -0.1) is 0 Å². The van der Waals surface area contributed by atoms with E-state index in [0.29, 0.717) is 0 Å². The third kappa shape index (κ3) is 101. The Morgan fingerprint density at radius 1 is 1.40 bits per heavy atom. The molecular weight excluding hydrogens is 212 g/mol. The molecule has 0 spiro atoms. The van der Waals surface area contributed by atoms with Crippen molar-refractivity contribution in [2.45, 2.75) is 0 Å². The summed E-state index contributed by atoms with van der Waals surface area (Å²) in [5, 5.41) is 14.8. The van der Waals surface area contributed by atoms with E-state index in [0.717, 1.165) is 0 Å². The maximum Gasteiger partial charge on any atom is 3.00 e. The van der Waals surface area contributed by atoms with Gasteiger partial charge in [0.15, 0.2) is 0 Å². The van der Waals surface area contributed by atoms with Gasteiger partial charge in [0.1, 0.15) is 0 Å². The Morgan fingerprint density at radius 3 is 1.40 bits per heavy atom. The molecule has 0 aliphatic heterocycles. The predicted molar refractivity (Wildman–Crippen MR) is 10.4 cm³/mol. The molecule has 1 radical (unpaired) electrons. The molecule has 0 unspecified atom stereocenters. The van der Waals surface area contributed by atoms with Gasteiger partial charge in [0, 0.05) is 0 Å². The van der Waals surface area contributed by atoms with E-state index in [9.17, 15) is 0 Å². The SMILES string of the molecule is O=[N+]([O-])[O-].[Sm+3]. The molecule has 0 bridgehead atoms. The Kier molecular flexibility index (Phi) is 8.27. The maximum absolute atomic E-state index is 8.25. The van der Waals surface area contributed by atoms with E-state index in [2.05, 4.69) is 0 Å². The van der Waals surface area contributed by atoms with E-state index in [1.165, 1.54) is 0 Å². The smallest absolute Gasteiger partial charge is 0.356 e. The van der Waals surface area contributed by atoms with Crippen molar-refractivity contribution in [3.05, 3.63) is 15.3 Å². The fourth-order valence-electron chi connectivity index (χ4n) is 0. The second-order valence-corrected chi connectivity index (χ2v) is 0.224. The minimum absolute atomic E-state index is 0. The van der Waals surface area contributed by atoms with Crippen molar-refractivity contribution in [3.63, 3.8) is 0 Å². The molecule has 0 saturated carbocycles. The van der Waals surface area contributed by atoms with Crippen LogP contribution >= 0.6 is 0 Å². The van der Waals surface area contributed by atoms with Gasteiger partial charge in [-0.1, -0.05) is 0 Å². The van der Waals surface area contributed by atoms with Crippen LogP contribution in [0.5, 0.6) is 0 Å². The average Bonchev–Trinajstić information content (AvgIpc) is 0.811. The van der Waals surface area contributed by atoms with E-state index in [-0.39, 0.29) is 40.4 Å². The third-order valence-corrected chi connectivity index (χ3v) is 0. The zero-order chi connectivity index (χ0) is 3.58. The van der Waals surface area contributed by atoms with Crippen LogP contribution in [0.25, 0.3) is 0 Å². The molecule has 0 aromatic rings. The second-order valence-electron chi connectivity index (χ2n) is 0.224. The molecule has 4 nitrogen and oxygen atoms in total. The normalized spacial score (nSPS) is 4.80. The quantitative estimate of drug-likeness (QED) is 0.411. The van der Waals surface area contributed by atoms with Crippen LogP contribution in [-0.4, -0.2) is 5.09 Å². The summed E-state index contributed by atoms with van der Waals surface area (Å²) in [6.07, 6.45) is 0. The van der Waals surface area contributed by atoms with E-state index < -0.39 is 5.09 Å². The average molecular weight is 212 g/mol. The summed E-state index contributed by atoms with van der Waals surface area (Å²) in [7, 11) is 0. The molecule has 0 atom stereocenters. The van der Waals surface area contributed by atoms with Gasteiger partial charge in [-0.05, 0) is 0 Å². The molecule has 0 rings (SSSR count). The minimum atomic E-state index is -1.75. The molecule has 5 heavy (non-hydrogen) atoms. The topological polar surface area (TPSA) is 66.2 Å². The van der Waals surface area contributed by atoms with Crippen LogP contribution in [0.2, 0.25) is 0 Å². The molecule has 27 valence electrons. The van der Waals surface area contributed by atoms with Crippen LogP contribution in [0, 0.1) is 55.7 Å². The fourth-order valence-corrected chi connectivity index (χ4v) is 0. The first-order valence-electron chi connectivity index (χ1n) is 0.548. The summed E-state index contributed by atoms with van der Waals surface area (Å²) in [6.45, 7) is 0. The largest absolute Gasteiger partial charge is 3.00 e. The van der Waals surface area contributed by atoms with E-state index in [1.54, 1.807) is 0 Å². The zero-order valence-electron chi connectivity index (χ0n) is 2.08. The van der Waals surface area contributed by atoms with E-state index in [4.69, 9.17) is 15.3 Å². The van der Waals surface area contributed by atoms with Crippen LogP contribution in [0.1, 0.15) is 0 Å². The fraction of sp³-hybridized carbons (Fsp3) is 0. The first-order valence-corrected chi connectivity index (χ1v) is 0.548. The van der Waals surface area contributed by atoms with Gasteiger partial charge in [-0.25, -0.2) is 0 Å². The molecule has 0 aliphatic carbocycles. The Hall–Kier alpha value is 0.538. The Bertz CT molecular complexity index is 29.9. The molecule has 0 aromatic heterocycles. The minimum Gasteiger partial charge on any atom is -0.356 e. The number of nitrogens with zero attached hydrogens (tertiary/aromatic N) is 1. The van der Waals surface area contributed by atoms with Gasteiger partial charge >= 0.3 is 40.4 Å². The summed E-state index contributed by atoms with van der Waals surface area (Å²) < 4.78 is 0. The van der Waals surface area contributed by atoms with Crippen LogP contribution in [-0.2, 0) is 0 Å². The van der Waals surface area contributed by atoms with Crippen molar-refractivity contribution in [1.29, 1.82) is 0 Å². The van der Waals surface area contributed by atoms with Gasteiger partial charge in [-0.2, -0.15) is 0 Å². The first-order chi connectivity index (χ1) is 1.73. The van der Waals surface area contributed by atoms with Crippen molar-refractivity contribution < 1.29 is 45.5 Å². The second kappa shape index (κ2) is 4.54. The Labute approximate surface area is 60.4 Å². The summed E-state index contributed by atoms with van der Waals surface area (Å²) in [5.74, 6) is 0. The van der Waals surface area contributed by atoms with E-state index in [1.807, 2.05) is 0 Å². The van der Waals surface area contributed by atoms with Crippen molar-refractivity contribution in [2.24, 2.45) is 0 Å². The zero-order valence-corrected chi connectivity index (χ0v) is 4.70. The number of rotatable bonds is 0. The summed E-state index contributed by atoms with van der Waals surface area (Å²) in [4.78, 5) is 8.25. The van der Waals surface area contributed by atoms with Crippen LogP contribution in [0.4, 0.5) is 0 Å². The van der Waals surface area contributed by atoms with Crippen molar-refractivity contribution >= 4 is 0 Å². The third-order valence-electron chi connectivity index (χ3n) is 0. The van der Waals surface area contributed by atoms with Crippen molar-refractivity contribution in [3.8, 4) is 0 Å².